The quantitative estimate of drug-likeness (QED) is 0.523. The Bertz CT molecular complexity index is 203. The van der Waals surface area contributed by atoms with Crippen LogP contribution in [0.15, 0.2) is 11.8 Å². The second kappa shape index (κ2) is 2.64. The van der Waals surface area contributed by atoms with Crippen LogP contribution in [0.2, 0.25) is 0 Å². The van der Waals surface area contributed by atoms with Gasteiger partial charge in [0.15, 0.2) is 5.78 Å². The molecule has 0 aromatic carbocycles. The number of carbonyl (C=O) groups is 2. The van der Waals surface area contributed by atoms with Crippen LogP contribution >= 0.6 is 0 Å². The van der Waals surface area contributed by atoms with E-state index in [9.17, 15) is 9.59 Å². The second-order valence-electron chi connectivity index (χ2n) is 2.15. The van der Waals surface area contributed by atoms with Crippen molar-refractivity contribution < 1.29 is 14.3 Å². The average Bonchev–Trinajstić information content (AvgIpc) is 2.36. The third kappa shape index (κ3) is 1.23. The Kier molecular flexibility index (Phi) is 1.85. The third-order valence-electron chi connectivity index (χ3n) is 1.33. The van der Waals surface area contributed by atoms with Gasteiger partial charge >= 0.3 is 0 Å². The summed E-state index contributed by atoms with van der Waals surface area (Å²) in [6.45, 7) is 1.79. The van der Waals surface area contributed by atoms with Crippen LogP contribution in [0.25, 0.3) is 0 Å². The summed E-state index contributed by atoms with van der Waals surface area (Å²) >= 11 is 0. The smallest absolute Gasteiger partial charge is 0.227 e. The fourth-order valence-corrected chi connectivity index (χ4v) is 0.780. The molecular weight excluding hydrogens is 132 g/mol. The fraction of sp³-hybridized carbons (Fsp3) is 0.429. The number of ether oxygens (including phenoxy) is 1. The van der Waals surface area contributed by atoms with Gasteiger partial charge in [-0.25, -0.2) is 0 Å². The van der Waals surface area contributed by atoms with Crippen molar-refractivity contribution in [3.8, 4) is 0 Å². The first kappa shape index (κ1) is 6.99. The molecule has 0 aromatic rings. The normalized spacial score (nSPS) is 15.9. The lowest BCUT2D eigenvalue weighted by Gasteiger charge is -1.90. The molecular formula is C7H8O3. The second-order valence-corrected chi connectivity index (χ2v) is 2.15. The molecule has 1 aliphatic rings. The molecule has 0 atom stereocenters. The van der Waals surface area contributed by atoms with Crippen molar-refractivity contribution in [3.63, 3.8) is 0 Å². The molecule has 1 aliphatic heterocycles. The number of hydrogen-bond donors (Lipinski definition) is 0. The molecule has 0 unspecified atom stereocenters. The zero-order chi connectivity index (χ0) is 7.56. The van der Waals surface area contributed by atoms with E-state index < -0.39 is 11.6 Å². The lowest BCUT2D eigenvalue weighted by molar-refractivity contribution is -0.133. The molecule has 0 N–H and O–H groups in total. The van der Waals surface area contributed by atoms with Gasteiger partial charge in [-0.1, -0.05) is 0 Å². The van der Waals surface area contributed by atoms with E-state index in [1.54, 1.807) is 0 Å². The van der Waals surface area contributed by atoms with Crippen LogP contribution in [0, 0.1) is 0 Å². The van der Waals surface area contributed by atoms with Crippen molar-refractivity contribution in [1.29, 1.82) is 0 Å². The first-order valence-corrected chi connectivity index (χ1v) is 3.07. The van der Waals surface area contributed by atoms with Gasteiger partial charge in [0, 0.05) is 18.9 Å². The van der Waals surface area contributed by atoms with Gasteiger partial charge in [-0.15, -0.1) is 0 Å². The number of rotatable bonds is 2. The topological polar surface area (TPSA) is 43.4 Å². The van der Waals surface area contributed by atoms with Gasteiger partial charge in [0.2, 0.25) is 5.78 Å². The predicted octanol–water partition coefficient (Wildman–Crippen LogP) is 0.449. The van der Waals surface area contributed by atoms with E-state index in [0.29, 0.717) is 18.6 Å². The van der Waals surface area contributed by atoms with Gasteiger partial charge in [-0.2, -0.15) is 0 Å². The Balaban J connectivity index is 2.65. The van der Waals surface area contributed by atoms with Crippen molar-refractivity contribution >= 4 is 11.6 Å². The van der Waals surface area contributed by atoms with Gasteiger partial charge in [0.1, 0.15) is 0 Å². The van der Waals surface area contributed by atoms with Gasteiger partial charge in [0.05, 0.1) is 12.9 Å². The van der Waals surface area contributed by atoms with E-state index in [-0.39, 0.29) is 0 Å². The third-order valence-corrected chi connectivity index (χ3v) is 1.33. The number of ketones is 2. The Morgan fingerprint density at radius 3 is 2.70 bits per heavy atom. The monoisotopic (exact) mass is 140 g/mol. The number of hydrogen-bond acceptors (Lipinski definition) is 3. The molecule has 0 fully saturated rings. The minimum atomic E-state index is -0.420. The summed E-state index contributed by atoms with van der Waals surface area (Å²) < 4.78 is 4.79. The Labute approximate surface area is 58.7 Å². The number of Topliss-reactive ketones (excluding diaryl/α,β-unsaturated/α-hetero) is 2. The van der Waals surface area contributed by atoms with Gasteiger partial charge in [-0.05, 0) is 0 Å². The lowest BCUT2D eigenvalue weighted by atomic mass is 10.1. The molecule has 1 heterocycles. The average molecular weight is 140 g/mol. The van der Waals surface area contributed by atoms with E-state index in [1.807, 2.05) is 0 Å². The molecule has 3 nitrogen and oxygen atoms in total. The SMILES string of the molecule is CC(=O)C(=O)C1=COCC1. The minimum absolute atomic E-state index is 0.419. The molecule has 0 aliphatic carbocycles. The first-order chi connectivity index (χ1) is 4.72. The van der Waals surface area contributed by atoms with Gasteiger partial charge < -0.3 is 4.74 Å². The van der Waals surface area contributed by atoms with Gasteiger partial charge in [0.25, 0.3) is 0 Å². The van der Waals surface area contributed by atoms with Crippen molar-refractivity contribution in [2.75, 3.05) is 6.61 Å². The lowest BCUT2D eigenvalue weighted by Crippen LogP contribution is -2.10. The first-order valence-electron chi connectivity index (χ1n) is 3.07. The van der Waals surface area contributed by atoms with Crippen LogP contribution in [-0.2, 0) is 14.3 Å². The highest BCUT2D eigenvalue weighted by Crippen LogP contribution is 2.10. The van der Waals surface area contributed by atoms with Crippen LogP contribution in [0.3, 0.4) is 0 Å². The molecule has 0 radical (unpaired) electrons. The summed E-state index contributed by atoms with van der Waals surface area (Å²) in [6, 6.07) is 0. The Morgan fingerprint density at radius 1 is 1.60 bits per heavy atom. The summed E-state index contributed by atoms with van der Waals surface area (Å²) in [6.07, 6.45) is 1.93. The van der Waals surface area contributed by atoms with Crippen molar-refractivity contribution in [2.24, 2.45) is 0 Å². The zero-order valence-electron chi connectivity index (χ0n) is 5.72. The molecule has 0 saturated carbocycles. The van der Waals surface area contributed by atoms with Crippen molar-refractivity contribution in [1.82, 2.24) is 0 Å². The maximum absolute atomic E-state index is 10.8. The van der Waals surface area contributed by atoms with Gasteiger partial charge in [-0.3, -0.25) is 9.59 Å². The molecule has 3 heteroatoms. The molecule has 0 amide bonds. The van der Waals surface area contributed by atoms with Crippen molar-refractivity contribution in [2.45, 2.75) is 13.3 Å². The molecule has 0 bridgehead atoms. The van der Waals surface area contributed by atoms with E-state index in [2.05, 4.69) is 0 Å². The largest absolute Gasteiger partial charge is 0.500 e. The van der Waals surface area contributed by atoms with Crippen molar-refractivity contribution in [3.05, 3.63) is 11.8 Å². The standard InChI is InChI=1S/C7H8O3/c1-5(8)7(9)6-2-3-10-4-6/h4H,2-3H2,1H3. The van der Waals surface area contributed by atoms with E-state index >= 15 is 0 Å². The summed E-state index contributed by atoms with van der Waals surface area (Å²) in [7, 11) is 0. The molecule has 10 heavy (non-hydrogen) atoms. The molecule has 0 saturated heterocycles. The zero-order valence-corrected chi connectivity index (χ0v) is 5.72. The fourth-order valence-electron chi connectivity index (χ4n) is 0.780. The highest BCUT2D eigenvalue weighted by atomic mass is 16.5. The predicted molar refractivity (Wildman–Crippen MR) is 34.3 cm³/mol. The molecule has 0 spiro atoms. The maximum atomic E-state index is 10.8. The van der Waals surface area contributed by atoms with E-state index in [4.69, 9.17) is 4.74 Å². The van der Waals surface area contributed by atoms with Crippen LogP contribution in [0.5, 0.6) is 0 Å². The minimum Gasteiger partial charge on any atom is -0.500 e. The maximum Gasteiger partial charge on any atom is 0.227 e. The highest BCUT2D eigenvalue weighted by molar-refractivity contribution is 6.42. The van der Waals surface area contributed by atoms with Crippen LogP contribution in [-0.4, -0.2) is 18.2 Å². The summed E-state index contributed by atoms with van der Waals surface area (Å²) in [4.78, 5) is 21.3. The van der Waals surface area contributed by atoms with E-state index in [1.165, 1.54) is 13.2 Å². The summed E-state index contributed by atoms with van der Waals surface area (Å²) in [5, 5.41) is 0. The molecule has 1 rings (SSSR count). The van der Waals surface area contributed by atoms with Crippen LogP contribution in [0.1, 0.15) is 13.3 Å². The number of carbonyl (C=O) groups excluding carboxylic acids is 2. The van der Waals surface area contributed by atoms with E-state index in [0.717, 1.165) is 0 Å². The highest BCUT2D eigenvalue weighted by Gasteiger charge is 2.17. The summed E-state index contributed by atoms with van der Waals surface area (Å²) in [5.74, 6) is -0.839. The molecule has 0 aromatic heterocycles. The summed E-state index contributed by atoms with van der Waals surface area (Å²) in [5.41, 5.74) is 0.493. The molecule has 54 valence electrons. The Hall–Kier alpha value is -1.12. The van der Waals surface area contributed by atoms with Crippen LogP contribution < -0.4 is 0 Å². The Morgan fingerprint density at radius 2 is 2.30 bits per heavy atom. The van der Waals surface area contributed by atoms with Crippen LogP contribution in [0.4, 0.5) is 0 Å².